The summed E-state index contributed by atoms with van der Waals surface area (Å²) in [5.74, 6) is -0.449. The van der Waals surface area contributed by atoms with Crippen molar-refractivity contribution in [2.45, 2.75) is 4.90 Å². The van der Waals surface area contributed by atoms with Crippen molar-refractivity contribution in [1.29, 1.82) is 0 Å². The van der Waals surface area contributed by atoms with Crippen molar-refractivity contribution in [3.63, 3.8) is 0 Å². The zero-order chi connectivity index (χ0) is 12.1. The Morgan fingerprint density at radius 3 is 2.69 bits per heavy atom. The van der Waals surface area contributed by atoms with Crippen LogP contribution in [0.15, 0.2) is 23.1 Å². The first kappa shape index (κ1) is 12.9. The van der Waals surface area contributed by atoms with E-state index in [4.69, 9.17) is 0 Å². The minimum absolute atomic E-state index is 0.0894. The Morgan fingerprint density at radius 1 is 1.50 bits per heavy atom. The molecule has 16 heavy (non-hydrogen) atoms. The molecule has 1 N–H and O–H groups in total. The zero-order valence-corrected chi connectivity index (χ0v) is 10.4. The van der Waals surface area contributed by atoms with E-state index in [-0.39, 0.29) is 11.3 Å². The molecular weight excluding hydrogens is 248 g/mol. The van der Waals surface area contributed by atoms with Crippen molar-refractivity contribution in [1.82, 2.24) is 5.32 Å². The van der Waals surface area contributed by atoms with E-state index >= 15 is 0 Å². The fourth-order valence-corrected chi connectivity index (χ4v) is 2.51. The van der Waals surface area contributed by atoms with Crippen LogP contribution in [0, 0.1) is 10.1 Å². The standard InChI is InChI=1S/C9H10N2O3S2/c1-10-9(12)7-5-6(16-15-2)3-4-8(7)11(13)14/h3-5H,1-2H3,(H,10,12). The molecule has 7 heteroatoms. The van der Waals surface area contributed by atoms with Crippen LogP contribution in [0.2, 0.25) is 0 Å². The monoisotopic (exact) mass is 258 g/mol. The Balaban J connectivity index is 3.21. The maximum absolute atomic E-state index is 11.5. The van der Waals surface area contributed by atoms with Crippen molar-refractivity contribution < 1.29 is 9.72 Å². The lowest BCUT2D eigenvalue weighted by Gasteiger charge is -2.03. The van der Waals surface area contributed by atoms with E-state index in [0.29, 0.717) is 0 Å². The van der Waals surface area contributed by atoms with E-state index < -0.39 is 10.8 Å². The summed E-state index contributed by atoms with van der Waals surface area (Å²) in [7, 11) is 4.41. The molecule has 0 aliphatic rings. The first-order chi connectivity index (χ1) is 7.60. The minimum Gasteiger partial charge on any atom is -0.355 e. The Bertz CT molecular complexity index is 423. The van der Waals surface area contributed by atoms with Gasteiger partial charge in [0, 0.05) is 18.0 Å². The molecule has 5 nitrogen and oxygen atoms in total. The molecule has 0 saturated heterocycles. The lowest BCUT2D eigenvalue weighted by molar-refractivity contribution is -0.385. The molecule has 86 valence electrons. The zero-order valence-electron chi connectivity index (χ0n) is 8.72. The molecule has 1 rings (SSSR count). The highest BCUT2D eigenvalue weighted by Gasteiger charge is 2.19. The maximum Gasteiger partial charge on any atom is 0.282 e. The third-order valence-corrected chi connectivity index (χ3v) is 3.51. The third-order valence-electron chi connectivity index (χ3n) is 1.82. The highest BCUT2D eigenvalue weighted by atomic mass is 33.1. The molecule has 0 aliphatic heterocycles. The second-order valence-electron chi connectivity index (χ2n) is 2.77. The second-order valence-corrected chi connectivity index (χ2v) is 5.24. The van der Waals surface area contributed by atoms with Gasteiger partial charge in [-0.05, 0) is 18.4 Å². The lowest BCUT2D eigenvalue weighted by atomic mass is 10.1. The Hall–Kier alpha value is -1.21. The first-order valence-corrected chi connectivity index (χ1v) is 6.87. The molecule has 0 aliphatic carbocycles. The Kier molecular flexibility index (Phi) is 4.63. The van der Waals surface area contributed by atoms with E-state index in [2.05, 4.69) is 5.32 Å². The quantitative estimate of drug-likeness (QED) is 0.510. The van der Waals surface area contributed by atoms with Gasteiger partial charge in [0.25, 0.3) is 11.6 Å². The van der Waals surface area contributed by atoms with Gasteiger partial charge < -0.3 is 5.32 Å². The van der Waals surface area contributed by atoms with Gasteiger partial charge in [-0.2, -0.15) is 0 Å². The van der Waals surface area contributed by atoms with Gasteiger partial charge in [-0.15, -0.1) is 0 Å². The summed E-state index contributed by atoms with van der Waals surface area (Å²) in [4.78, 5) is 22.4. The van der Waals surface area contributed by atoms with E-state index in [1.165, 1.54) is 40.8 Å². The molecule has 0 unspecified atom stereocenters. The molecule has 1 aromatic carbocycles. The summed E-state index contributed by atoms with van der Waals surface area (Å²) < 4.78 is 0. The molecule has 0 radical (unpaired) electrons. The average molecular weight is 258 g/mol. The van der Waals surface area contributed by atoms with E-state index in [1.54, 1.807) is 6.07 Å². The molecular formula is C9H10N2O3S2. The number of amides is 1. The van der Waals surface area contributed by atoms with E-state index in [9.17, 15) is 14.9 Å². The summed E-state index contributed by atoms with van der Waals surface area (Å²) in [6.07, 6.45) is 1.89. The van der Waals surface area contributed by atoms with E-state index in [0.717, 1.165) is 4.90 Å². The minimum atomic E-state index is -0.557. The van der Waals surface area contributed by atoms with Crippen molar-refractivity contribution in [2.24, 2.45) is 0 Å². The van der Waals surface area contributed by atoms with Gasteiger partial charge >= 0.3 is 0 Å². The van der Waals surface area contributed by atoms with Crippen molar-refractivity contribution >= 4 is 33.2 Å². The molecule has 0 aromatic heterocycles. The summed E-state index contributed by atoms with van der Waals surface area (Å²) in [6.45, 7) is 0. The molecule has 1 amide bonds. The van der Waals surface area contributed by atoms with Gasteiger partial charge in [-0.1, -0.05) is 21.6 Å². The number of benzene rings is 1. The normalized spacial score (nSPS) is 9.88. The predicted molar refractivity (Wildman–Crippen MR) is 65.9 cm³/mol. The van der Waals surface area contributed by atoms with Crippen LogP contribution in [0.5, 0.6) is 0 Å². The van der Waals surface area contributed by atoms with Crippen LogP contribution in [0.3, 0.4) is 0 Å². The number of rotatable bonds is 4. The number of carbonyl (C=O) groups excluding carboxylic acids is 1. The molecule has 0 fully saturated rings. The lowest BCUT2D eigenvalue weighted by Crippen LogP contribution is -2.19. The molecule has 0 bridgehead atoms. The van der Waals surface area contributed by atoms with Gasteiger partial charge in [-0.3, -0.25) is 14.9 Å². The van der Waals surface area contributed by atoms with Crippen LogP contribution >= 0.6 is 21.6 Å². The maximum atomic E-state index is 11.5. The fourth-order valence-electron chi connectivity index (χ4n) is 1.14. The summed E-state index contributed by atoms with van der Waals surface area (Å²) in [6, 6.07) is 4.51. The smallest absolute Gasteiger partial charge is 0.282 e. The van der Waals surface area contributed by atoms with Crippen LogP contribution in [-0.2, 0) is 0 Å². The SMILES string of the molecule is CNC(=O)c1cc(SSC)ccc1[N+](=O)[O-]. The van der Waals surface area contributed by atoms with Gasteiger partial charge in [0.2, 0.25) is 0 Å². The Morgan fingerprint density at radius 2 is 2.19 bits per heavy atom. The van der Waals surface area contributed by atoms with Gasteiger partial charge in [0.1, 0.15) is 5.56 Å². The molecule has 0 heterocycles. The van der Waals surface area contributed by atoms with Crippen LogP contribution in [0.1, 0.15) is 10.4 Å². The fraction of sp³-hybridized carbons (Fsp3) is 0.222. The first-order valence-electron chi connectivity index (χ1n) is 4.31. The number of carbonyl (C=O) groups is 1. The van der Waals surface area contributed by atoms with Crippen LogP contribution < -0.4 is 5.32 Å². The summed E-state index contributed by atoms with van der Waals surface area (Å²) >= 11 is 0. The number of hydrogen-bond donors (Lipinski definition) is 1. The van der Waals surface area contributed by atoms with Crippen molar-refractivity contribution in [3.05, 3.63) is 33.9 Å². The Labute approximate surface area is 101 Å². The number of nitrogens with zero attached hydrogens (tertiary/aromatic N) is 1. The van der Waals surface area contributed by atoms with Crippen LogP contribution in [0.4, 0.5) is 5.69 Å². The summed E-state index contributed by atoms with van der Waals surface area (Å²) in [5, 5.41) is 13.1. The van der Waals surface area contributed by atoms with Gasteiger partial charge in [0.15, 0.2) is 0 Å². The molecule has 1 aromatic rings. The van der Waals surface area contributed by atoms with Crippen molar-refractivity contribution in [2.75, 3.05) is 13.3 Å². The largest absolute Gasteiger partial charge is 0.355 e. The van der Waals surface area contributed by atoms with Crippen LogP contribution in [-0.4, -0.2) is 24.1 Å². The van der Waals surface area contributed by atoms with Gasteiger partial charge in [0.05, 0.1) is 4.92 Å². The van der Waals surface area contributed by atoms with Gasteiger partial charge in [-0.25, -0.2) is 0 Å². The molecule has 0 saturated carbocycles. The topological polar surface area (TPSA) is 72.2 Å². The van der Waals surface area contributed by atoms with Crippen molar-refractivity contribution in [3.8, 4) is 0 Å². The van der Waals surface area contributed by atoms with E-state index in [1.807, 2.05) is 6.26 Å². The molecule has 0 spiro atoms. The summed E-state index contributed by atoms with van der Waals surface area (Å²) in [5.41, 5.74) is -0.0867. The molecule has 0 atom stereocenters. The number of nitro groups is 1. The number of hydrogen-bond acceptors (Lipinski definition) is 5. The highest BCUT2D eigenvalue weighted by Crippen LogP contribution is 2.31. The highest BCUT2D eigenvalue weighted by molar-refractivity contribution is 8.76. The predicted octanol–water partition coefficient (Wildman–Crippen LogP) is 2.32. The average Bonchev–Trinajstić information content (AvgIpc) is 2.28. The number of nitro benzene ring substituents is 1. The number of nitrogens with one attached hydrogen (secondary N) is 1. The second kappa shape index (κ2) is 5.76. The van der Waals surface area contributed by atoms with Crippen LogP contribution in [0.25, 0.3) is 0 Å². The third kappa shape index (κ3) is 2.89.